The van der Waals surface area contributed by atoms with Gasteiger partial charge in [-0.1, -0.05) is 24.1 Å². The number of hydrogen-bond acceptors (Lipinski definition) is 2. The summed E-state index contributed by atoms with van der Waals surface area (Å²) >= 11 is 0. The zero-order valence-electron chi connectivity index (χ0n) is 12.9. The molecule has 2 aliphatic rings. The summed E-state index contributed by atoms with van der Waals surface area (Å²) in [7, 11) is 0. The first-order chi connectivity index (χ1) is 10.2. The lowest BCUT2D eigenvalue weighted by molar-refractivity contribution is -0.139. The Morgan fingerprint density at radius 3 is 2.38 bits per heavy atom. The van der Waals surface area contributed by atoms with Gasteiger partial charge >= 0.3 is 0 Å². The van der Waals surface area contributed by atoms with Gasteiger partial charge in [0, 0.05) is 19.0 Å². The molecule has 0 unspecified atom stereocenters. The first-order valence-electron chi connectivity index (χ1n) is 8.20. The number of nitrogens with zero attached hydrogens (tertiary/aromatic N) is 1. The minimum absolute atomic E-state index is 0.338. The number of aryl methyl sites for hydroxylation is 1. The van der Waals surface area contributed by atoms with Gasteiger partial charge in [0.05, 0.1) is 6.61 Å². The second kappa shape index (κ2) is 6.50. The number of hydrogen-bond donors (Lipinski definition) is 0. The molecule has 1 heterocycles. The van der Waals surface area contributed by atoms with Crippen LogP contribution < -0.4 is 4.74 Å². The van der Waals surface area contributed by atoms with E-state index >= 15 is 0 Å². The maximum Gasteiger partial charge on any atom is 0.225 e. The molecule has 2 fully saturated rings. The van der Waals surface area contributed by atoms with E-state index in [0.717, 1.165) is 51.1 Å². The van der Waals surface area contributed by atoms with E-state index in [4.69, 9.17) is 4.74 Å². The smallest absolute Gasteiger partial charge is 0.225 e. The molecule has 0 atom stereocenters. The highest BCUT2D eigenvalue weighted by molar-refractivity contribution is 5.79. The molecule has 3 nitrogen and oxygen atoms in total. The molecule has 3 heteroatoms. The molecule has 0 N–H and O–H groups in total. The van der Waals surface area contributed by atoms with Crippen molar-refractivity contribution in [3.8, 4) is 5.75 Å². The number of amides is 1. The molecule has 114 valence electrons. The topological polar surface area (TPSA) is 29.5 Å². The average molecular weight is 287 g/mol. The number of likely N-dealkylation sites (tertiary alicyclic amines) is 1. The minimum atomic E-state index is 0.338. The predicted molar refractivity (Wildman–Crippen MR) is 83.3 cm³/mol. The maximum atomic E-state index is 12.2. The molecule has 0 bridgehead atoms. The van der Waals surface area contributed by atoms with Crippen molar-refractivity contribution < 1.29 is 9.53 Å². The van der Waals surface area contributed by atoms with Crippen LogP contribution in [-0.4, -0.2) is 30.5 Å². The average Bonchev–Trinajstić information content (AvgIpc) is 2.45. The number of benzene rings is 1. The van der Waals surface area contributed by atoms with Crippen molar-refractivity contribution in [1.82, 2.24) is 4.90 Å². The monoisotopic (exact) mass is 287 g/mol. The van der Waals surface area contributed by atoms with E-state index in [1.807, 2.05) is 12.1 Å². The van der Waals surface area contributed by atoms with Crippen molar-refractivity contribution in [2.24, 2.45) is 11.8 Å². The molecule has 1 aliphatic carbocycles. The zero-order valence-corrected chi connectivity index (χ0v) is 12.9. The van der Waals surface area contributed by atoms with Crippen molar-refractivity contribution >= 4 is 5.91 Å². The van der Waals surface area contributed by atoms with Crippen LogP contribution in [0.4, 0.5) is 0 Å². The number of piperidine rings is 1. The molecule has 1 aliphatic heterocycles. The van der Waals surface area contributed by atoms with E-state index in [2.05, 4.69) is 24.0 Å². The highest BCUT2D eigenvalue weighted by Crippen LogP contribution is 2.30. The number of carbonyl (C=O) groups excluding carboxylic acids is 1. The molecule has 1 aromatic carbocycles. The predicted octanol–water partition coefficient (Wildman–Crippen LogP) is 3.41. The second-order valence-electron chi connectivity index (χ2n) is 6.52. The summed E-state index contributed by atoms with van der Waals surface area (Å²) in [5.41, 5.74) is 1.25. The zero-order chi connectivity index (χ0) is 14.7. The molecule has 0 aromatic heterocycles. The summed E-state index contributed by atoms with van der Waals surface area (Å²) in [5, 5.41) is 0. The maximum absolute atomic E-state index is 12.2. The van der Waals surface area contributed by atoms with Crippen LogP contribution >= 0.6 is 0 Å². The Morgan fingerprint density at radius 2 is 1.81 bits per heavy atom. The largest absolute Gasteiger partial charge is 0.493 e. The van der Waals surface area contributed by atoms with Crippen molar-refractivity contribution in [3.63, 3.8) is 0 Å². The van der Waals surface area contributed by atoms with Crippen LogP contribution in [0.3, 0.4) is 0 Å². The van der Waals surface area contributed by atoms with E-state index in [0.29, 0.717) is 17.7 Å². The third kappa shape index (κ3) is 3.58. The molecular formula is C18H25NO2. The lowest BCUT2D eigenvalue weighted by atomic mass is 9.83. The number of rotatable bonds is 4. The normalized spacial score (nSPS) is 20.1. The lowest BCUT2D eigenvalue weighted by Gasteiger charge is -2.36. The molecule has 1 aromatic rings. The standard InChI is InChI=1S/C18H25NO2/c1-14-5-7-17(8-6-14)21-13-15-9-11-19(12-10-15)18(20)16-3-2-4-16/h5-8,15-16H,2-4,9-13H2,1H3. The molecule has 0 spiro atoms. The highest BCUT2D eigenvalue weighted by atomic mass is 16.5. The van der Waals surface area contributed by atoms with Gasteiger partial charge in [-0.15, -0.1) is 0 Å². The Balaban J connectivity index is 1.41. The van der Waals surface area contributed by atoms with Gasteiger partial charge in [-0.25, -0.2) is 0 Å². The first kappa shape index (κ1) is 14.4. The van der Waals surface area contributed by atoms with Gasteiger partial charge < -0.3 is 9.64 Å². The van der Waals surface area contributed by atoms with Crippen LogP contribution in [0.2, 0.25) is 0 Å². The van der Waals surface area contributed by atoms with Gasteiger partial charge in [0.15, 0.2) is 0 Å². The molecular weight excluding hydrogens is 262 g/mol. The fraction of sp³-hybridized carbons (Fsp3) is 0.611. The summed E-state index contributed by atoms with van der Waals surface area (Å²) in [4.78, 5) is 14.3. The van der Waals surface area contributed by atoms with E-state index in [9.17, 15) is 4.79 Å². The summed E-state index contributed by atoms with van der Waals surface area (Å²) < 4.78 is 5.87. The van der Waals surface area contributed by atoms with Gasteiger partial charge in [-0.3, -0.25) is 4.79 Å². The second-order valence-corrected chi connectivity index (χ2v) is 6.52. The lowest BCUT2D eigenvalue weighted by Crippen LogP contribution is -2.44. The SMILES string of the molecule is Cc1ccc(OCC2CCN(C(=O)C3CCC3)CC2)cc1. The van der Waals surface area contributed by atoms with E-state index in [-0.39, 0.29) is 0 Å². The van der Waals surface area contributed by atoms with Crippen LogP contribution in [0.25, 0.3) is 0 Å². The number of carbonyl (C=O) groups is 1. The fourth-order valence-corrected chi connectivity index (χ4v) is 3.08. The quantitative estimate of drug-likeness (QED) is 0.849. The molecule has 3 rings (SSSR count). The van der Waals surface area contributed by atoms with Gasteiger partial charge in [-0.05, 0) is 50.7 Å². The van der Waals surface area contributed by atoms with Gasteiger partial charge in [-0.2, -0.15) is 0 Å². The Morgan fingerprint density at radius 1 is 1.14 bits per heavy atom. The van der Waals surface area contributed by atoms with Crippen molar-refractivity contribution in [2.75, 3.05) is 19.7 Å². The first-order valence-corrected chi connectivity index (χ1v) is 8.20. The Hall–Kier alpha value is -1.51. The Kier molecular flexibility index (Phi) is 4.47. The highest BCUT2D eigenvalue weighted by Gasteiger charge is 2.31. The van der Waals surface area contributed by atoms with Gasteiger partial charge in [0.2, 0.25) is 5.91 Å². The van der Waals surface area contributed by atoms with Crippen molar-refractivity contribution in [3.05, 3.63) is 29.8 Å². The van der Waals surface area contributed by atoms with Crippen LogP contribution in [0.1, 0.15) is 37.7 Å². The molecule has 21 heavy (non-hydrogen) atoms. The van der Waals surface area contributed by atoms with E-state index < -0.39 is 0 Å². The summed E-state index contributed by atoms with van der Waals surface area (Å²) in [6.45, 7) is 4.68. The van der Waals surface area contributed by atoms with E-state index in [1.165, 1.54) is 12.0 Å². The number of ether oxygens (including phenoxy) is 1. The third-order valence-electron chi connectivity index (χ3n) is 4.89. The summed E-state index contributed by atoms with van der Waals surface area (Å²) in [6.07, 6.45) is 5.59. The van der Waals surface area contributed by atoms with Crippen molar-refractivity contribution in [1.29, 1.82) is 0 Å². The summed E-state index contributed by atoms with van der Waals surface area (Å²) in [5.74, 6) is 2.27. The fourth-order valence-electron chi connectivity index (χ4n) is 3.08. The van der Waals surface area contributed by atoms with Crippen LogP contribution in [0.15, 0.2) is 24.3 Å². The molecule has 1 saturated heterocycles. The van der Waals surface area contributed by atoms with Crippen LogP contribution in [0, 0.1) is 18.8 Å². The third-order valence-corrected chi connectivity index (χ3v) is 4.89. The molecule has 1 saturated carbocycles. The van der Waals surface area contributed by atoms with Crippen LogP contribution in [-0.2, 0) is 4.79 Å². The van der Waals surface area contributed by atoms with E-state index in [1.54, 1.807) is 0 Å². The minimum Gasteiger partial charge on any atom is -0.493 e. The molecule has 0 radical (unpaired) electrons. The summed E-state index contributed by atoms with van der Waals surface area (Å²) in [6, 6.07) is 8.22. The van der Waals surface area contributed by atoms with Crippen molar-refractivity contribution in [2.45, 2.75) is 39.0 Å². The Labute approximate surface area is 127 Å². The van der Waals surface area contributed by atoms with Gasteiger partial charge in [0.25, 0.3) is 0 Å². The van der Waals surface area contributed by atoms with Gasteiger partial charge in [0.1, 0.15) is 5.75 Å². The molecule has 1 amide bonds. The Bertz CT molecular complexity index is 470. The van der Waals surface area contributed by atoms with Crippen LogP contribution in [0.5, 0.6) is 5.75 Å².